The molecule has 42 heavy (non-hydrogen) atoms. The number of aromatic nitrogens is 7. The summed E-state index contributed by atoms with van der Waals surface area (Å²) in [5, 5.41) is 7.62. The van der Waals surface area contributed by atoms with Gasteiger partial charge in [-0.3, -0.25) is 14.5 Å². The van der Waals surface area contributed by atoms with Gasteiger partial charge in [-0.15, -0.1) is 0 Å². The zero-order valence-electron chi connectivity index (χ0n) is 24.3. The van der Waals surface area contributed by atoms with Crippen LogP contribution in [0.4, 0.5) is 11.8 Å². The first kappa shape index (κ1) is 27.1. The van der Waals surface area contributed by atoms with E-state index < -0.39 is 5.76 Å². The van der Waals surface area contributed by atoms with Gasteiger partial charge in [0.25, 0.3) is 0 Å². The minimum absolute atomic E-state index is 0.00618. The maximum absolute atomic E-state index is 11.8. The van der Waals surface area contributed by atoms with E-state index in [0.717, 1.165) is 35.3 Å². The van der Waals surface area contributed by atoms with Crippen LogP contribution in [0.1, 0.15) is 70.4 Å². The van der Waals surface area contributed by atoms with E-state index in [1.165, 1.54) is 44.9 Å². The third-order valence-corrected chi connectivity index (χ3v) is 9.51. The zero-order valence-corrected chi connectivity index (χ0v) is 24.3. The van der Waals surface area contributed by atoms with Gasteiger partial charge in [-0.2, -0.15) is 4.98 Å². The lowest BCUT2D eigenvalue weighted by atomic mass is 9.80. The van der Waals surface area contributed by atoms with Crippen LogP contribution in [0.3, 0.4) is 0 Å². The molecule has 1 aliphatic heterocycles. The van der Waals surface area contributed by atoms with Crippen LogP contribution in [0.2, 0.25) is 0 Å². The fraction of sp³-hybridized carbons (Fsp3) is 0.600. The summed E-state index contributed by atoms with van der Waals surface area (Å²) in [4.78, 5) is 36.0. The third kappa shape index (κ3) is 5.28. The molecule has 0 aromatic carbocycles. The van der Waals surface area contributed by atoms with Gasteiger partial charge in [-0.1, -0.05) is 31.3 Å². The van der Waals surface area contributed by atoms with Gasteiger partial charge >= 0.3 is 5.76 Å². The molecular formula is C30H39N9O3. The van der Waals surface area contributed by atoms with Gasteiger partial charge in [0.15, 0.2) is 11.5 Å². The van der Waals surface area contributed by atoms with Crippen LogP contribution in [0.25, 0.3) is 22.8 Å². The Bertz CT molecular complexity index is 1570. The lowest BCUT2D eigenvalue weighted by Crippen LogP contribution is -2.41. The van der Waals surface area contributed by atoms with Crippen LogP contribution in [-0.2, 0) is 11.3 Å². The lowest BCUT2D eigenvalue weighted by molar-refractivity contribution is 0.0927. The first-order valence-corrected chi connectivity index (χ1v) is 15.4. The quantitative estimate of drug-likeness (QED) is 0.308. The number of fused-ring (bicyclic) bond motifs is 1. The minimum atomic E-state index is -0.641. The van der Waals surface area contributed by atoms with E-state index in [9.17, 15) is 4.79 Å². The van der Waals surface area contributed by atoms with Crippen LogP contribution in [-0.4, -0.2) is 60.4 Å². The SMILES string of the molecule is CC1CCC(Cn2c(N3CCOC[C@H]3c3ccncc3)nc3nc(-c4noc(=O)[nH]4)nc(N[C@H](C)C4CCC4)c32)CC1. The summed E-state index contributed by atoms with van der Waals surface area (Å²) >= 11 is 0. The molecular weight excluding hydrogens is 534 g/mol. The highest BCUT2D eigenvalue weighted by molar-refractivity contribution is 5.87. The lowest BCUT2D eigenvalue weighted by Gasteiger charge is -2.37. The Morgan fingerprint density at radius 2 is 1.90 bits per heavy atom. The molecule has 3 fully saturated rings. The Hall–Kier alpha value is -3.80. The zero-order chi connectivity index (χ0) is 28.6. The second-order valence-electron chi connectivity index (χ2n) is 12.3. The smallest absolute Gasteiger partial charge is 0.377 e. The van der Waals surface area contributed by atoms with E-state index in [1.54, 1.807) is 0 Å². The number of anilines is 2. The van der Waals surface area contributed by atoms with Crippen molar-refractivity contribution in [2.24, 2.45) is 17.8 Å². The number of hydrogen-bond acceptors (Lipinski definition) is 10. The Balaban J connectivity index is 1.38. The number of nitrogens with one attached hydrogen (secondary N) is 2. The molecule has 222 valence electrons. The van der Waals surface area contributed by atoms with Gasteiger partial charge in [-0.25, -0.2) is 14.8 Å². The molecule has 2 atom stereocenters. The van der Waals surface area contributed by atoms with E-state index >= 15 is 0 Å². The van der Waals surface area contributed by atoms with E-state index in [4.69, 9.17) is 24.2 Å². The Kier molecular flexibility index (Phi) is 7.39. The third-order valence-electron chi connectivity index (χ3n) is 9.51. The number of morpholine rings is 1. The highest BCUT2D eigenvalue weighted by atomic mass is 16.5. The van der Waals surface area contributed by atoms with Crippen molar-refractivity contribution in [3.05, 3.63) is 40.6 Å². The van der Waals surface area contributed by atoms with Crippen molar-refractivity contribution in [1.29, 1.82) is 0 Å². The average Bonchev–Trinajstić information content (AvgIpc) is 3.57. The van der Waals surface area contributed by atoms with Crippen LogP contribution in [0.5, 0.6) is 0 Å². The van der Waals surface area contributed by atoms with E-state index in [2.05, 4.69) is 43.8 Å². The molecule has 4 aromatic rings. The average molecular weight is 574 g/mol. The van der Waals surface area contributed by atoms with Crippen molar-refractivity contribution in [2.75, 3.05) is 30.0 Å². The molecule has 0 radical (unpaired) electrons. The van der Waals surface area contributed by atoms with Crippen LogP contribution >= 0.6 is 0 Å². The summed E-state index contributed by atoms with van der Waals surface area (Å²) in [6.45, 7) is 7.31. The number of imidazole rings is 1. The number of aromatic amines is 1. The number of pyridine rings is 1. The standard InChI is InChI=1S/C30H39N9O3/c1-18-6-8-20(9-7-18)16-39-24-25(32-19(2)21-4-3-5-21)33-27(28-36-30(40)42-37-28)34-26(24)35-29(39)38-14-15-41-17-23(38)22-10-12-31-13-11-22/h10-13,18-21,23H,3-9,14-17H2,1-2H3,(H,32,33,34)(H,36,37,40)/t18?,19-,20?,23+/m1/s1. The number of nitrogens with zero attached hydrogens (tertiary/aromatic N) is 7. The molecule has 0 unspecified atom stereocenters. The number of H-pyrrole nitrogens is 1. The minimum Gasteiger partial charge on any atom is -0.377 e. The van der Waals surface area contributed by atoms with E-state index in [0.29, 0.717) is 37.2 Å². The van der Waals surface area contributed by atoms with Gasteiger partial charge < -0.3 is 19.5 Å². The maximum atomic E-state index is 11.8. The summed E-state index contributed by atoms with van der Waals surface area (Å²) in [5.74, 6) is 3.33. The van der Waals surface area contributed by atoms with Gasteiger partial charge in [-0.05, 0) is 68.1 Å². The summed E-state index contributed by atoms with van der Waals surface area (Å²) in [7, 11) is 0. The predicted molar refractivity (Wildman–Crippen MR) is 158 cm³/mol. The van der Waals surface area contributed by atoms with E-state index in [-0.39, 0.29) is 23.7 Å². The molecule has 0 amide bonds. The molecule has 4 aromatic heterocycles. The van der Waals surface area contributed by atoms with Gasteiger partial charge in [0, 0.05) is 31.5 Å². The first-order valence-electron chi connectivity index (χ1n) is 15.4. The molecule has 12 heteroatoms. The summed E-state index contributed by atoms with van der Waals surface area (Å²) in [6.07, 6.45) is 12.2. The maximum Gasteiger partial charge on any atom is 0.439 e. The van der Waals surface area contributed by atoms with Crippen molar-refractivity contribution >= 4 is 22.9 Å². The Morgan fingerprint density at radius 1 is 1.10 bits per heavy atom. The van der Waals surface area contributed by atoms with Crippen molar-refractivity contribution in [3.63, 3.8) is 0 Å². The summed E-state index contributed by atoms with van der Waals surface area (Å²) < 4.78 is 13.1. The van der Waals surface area contributed by atoms with E-state index in [1.807, 2.05) is 24.5 Å². The molecule has 2 aliphatic carbocycles. The summed E-state index contributed by atoms with van der Waals surface area (Å²) in [6, 6.07) is 4.33. The molecule has 5 heterocycles. The van der Waals surface area contributed by atoms with Gasteiger partial charge in [0.05, 0.1) is 19.3 Å². The van der Waals surface area contributed by atoms with Crippen LogP contribution < -0.4 is 16.0 Å². The molecule has 2 N–H and O–H groups in total. The monoisotopic (exact) mass is 573 g/mol. The highest BCUT2D eigenvalue weighted by Gasteiger charge is 2.33. The summed E-state index contributed by atoms with van der Waals surface area (Å²) in [5.41, 5.74) is 2.61. The Labute approximate surface area is 244 Å². The largest absolute Gasteiger partial charge is 0.439 e. The van der Waals surface area contributed by atoms with Gasteiger partial charge in [0.1, 0.15) is 5.52 Å². The van der Waals surface area contributed by atoms with Crippen molar-refractivity contribution in [3.8, 4) is 11.6 Å². The molecule has 0 spiro atoms. The first-order chi connectivity index (χ1) is 20.5. The van der Waals surface area contributed by atoms with Crippen molar-refractivity contribution < 1.29 is 9.26 Å². The van der Waals surface area contributed by atoms with Crippen molar-refractivity contribution in [2.45, 2.75) is 77.4 Å². The van der Waals surface area contributed by atoms with Crippen LogP contribution in [0, 0.1) is 17.8 Å². The topological polar surface area (TPSA) is 140 Å². The fourth-order valence-electron chi connectivity index (χ4n) is 6.70. The molecule has 7 rings (SSSR count). The number of ether oxygens (including phenoxy) is 1. The molecule has 3 aliphatic rings. The molecule has 1 saturated heterocycles. The van der Waals surface area contributed by atoms with Crippen molar-refractivity contribution in [1.82, 2.24) is 34.6 Å². The predicted octanol–water partition coefficient (Wildman–Crippen LogP) is 4.57. The number of hydrogen-bond donors (Lipinski definition) is 2. The highest BCUT2D eigenvalue weighted by Crippen LogP contribution is 2.38. The normalized spacial score (nSPS) is 24.0. The molecule has 12 nitrogen and oxygen atoms in total. The van der Waals surface area contributed by atoms with Crippen LogP contribution in [0.15, 0.2) is 33.8 Å². The second kappa shape index (κ2) is 11.5. The fourth-order valence-corrected chi connectivity index (χ4v) is 6.70. The molecule has 0 bridgehead atoms. The Morgan fingerprint density at radius 3 is 2.62 bits per heavy atom. The number of rotatable bonds is 8. The second-order valence-corrected chi connectivity index (χ2v) is 12.3. The van der Waals surface area contributed by atoms with Gasteiger partial charge in [0.2, 0.25) is 17.6 Å². The molecule has 2 saturated carbocycles.